The number of pyridine rings is 1. The number of piperidine rings is 1. The molecule has 162 valence electrons. The molecule has 0 radical (unpaired) electrons. The molecule has 3 N–H and O–H groups in total. The second-order valence-corrected chi connectivity index (χ2v) is 9.03. The van der Waals surface area contributed by atoms with E-state index in [2.05, 4.69) is 33.0 Å². The molecule has 2 aliphatic heterocycles. The van der Waals surface area contributed by atoms with Gasteiger partial charge in [-0.25, -0.2) is 4.98 Å². The Kier molecular flexibility index (Phi) is 5.26. The van der Waals surface area contributed by atoms with Crippen LogP contribution in [-0.4, -0.2) is 35.9 Å². The average molecular weight is 420 g/mol. The molecule has 3 heterocycles. The van der Waals surface area contributed by atoms with Crippen molar-refractivity contribution in [2.75, 3.05) is 23.3 Å². The molecule has 7 nitrogen and oxygen atoms in total. The van der Waals surface area contributed by atoms with Gasteiger partial charge in [0.2, 0.25) is 11.8 Å². The van der Waals surface area contributed by atoms with E-state index < -0.39 is 0 Å². The first-order valence-electron chi connectivity index (χ1n) is 11.2. The largest absolute Gasteiger partial charge is 0.355 e. The number of aryl methyl sites for hydroxylation is 1. The lowest BCUT2D eigenvalue weighted by atomic mass is 10.1. The van der Waals surface area contributed by atoms with Gasteiger partial charge in [0.15, 0.2) is 0 Å². The normalized spacial score (nSPS) is 24.4. The number of hydrogen-bond donors (Lipinski definition) is 3. The number of carbonyl (C=O) groups excluding carboxylic acids is 2. The first-order valence-corrected chi connectivity index (χ1v) is 11.2. The van der Waals surface area contributed by atoms with Crippen molar-refractivity contribution in [1.82, 2.24) is 15.6 Å². The maximum atomic E-state index is 12.1. The Balaban J connectivity index is 1.17. The maximum Gasteiger partial charge on any atom is 0.225 e. The molecule has 31 heavy (non-hydrogen) atoms. The summed E-state index contributed by atoms with van der Waals surface area (Å²) in [6.45, 7) is 4.08. The molecule has 7 heteroatoms. The number of hydrogen-bond acceptors (Lipinski definition) is 5. The van der Waals surface area contributed by atoms with Crippen LogP contribution in [0.5, 0.6) is 0 Å². The highest BCUT2D eigenvalue weighted by Crippen LogP contribution is 2.40. The number of fused-ring (bicyclic) bond motifs is 2. The quantitative estimate of drug-likeness (QED) is 0.670. The molecular formula is C24H29N5O2. The number of nitrogens with zero attached hydrogens (tertiary/aromatic N) is 2. The summed E-state index contributed by atoms with van der Waals surface area (Å²) in [6.07, 6.45) is 4.27. The van der Waals surface area contributed by atoms with Crippen LogP contribution >= 0.6 is 0 Å². The third kappa shape index (κ3) is 4.22. The minimum atomic E-state index is -0.261. The van der Waals surface area contributed by atoms with Gasteiger partial charge in [0, 0.05) is 37.8 Å². The fourth-order valence-electron chi connectivity index (χ4n) is 5.03. The highest BCUT2D eigenvalue weighted by Gasteiger charge is 2.38. The molecule has 2 bridgehead atoms. The van der Waals surface area contributed by atoms with Gasteiger partial charge in [-0.2, -0.15) is 0 Å². The van der Waals surface area contributed by atoms with Crippen molar-refractivity contribution in [3.63, 3.8) is 0 Å². The van der Waals surface area contributed by atoms with E-state index >= 15 is 0 Å². The van der Waals surface area contributed by atoms with Crippen molar-refractivity contribution < 1.29 is 9.59 Å². The Morgan fingerprint density at radius 3 is 2.68 bits per heavy atom. The maximum absolute atomic E-state index is 12.1. The zero-order valence-electron chi connectivity index (χ0n) is 17.9. The Bertz CT molecular complexity index is 990. The molecule has 2 amide bonds. The van der Waals surface area contributed by atoms with Gasteiger partial charge in [-0.05, 0) is 61.9 Å². The number of anilines is 3. The predicted octanol–water partition coefficient (Wildman–Crippen LogP) is 2.87. The summed E-state index contributed by atoms with van der Waals surface area (Å²) in [7, 11) is 0. The summed E-state index contributed by atoms with van der Waals surface area (Å²) >= 11 is 0. The van der Waals surface area contributed by atoms with Crippen LogP contribution in [0.4, 0.5) is 17.2 Å². The van der Waals surface area contributed by atoms with E-state index in [0.717, 1.165) is 40.9 Å². The monoisotopic (exact) mass is 419 g/mol. The van der Waals surface area contributed by atoms with Gasteiger partial charge in [0.25, 0.3) is 0 Å². The summed E-state index contributed by atoms with van der Waals surface area (Å²) in [6, 6.07) is 12.9. The Morgan fingerprint density at radius 1 is 1.19 bits per heavy atom. The van der Waals surface area contributed by atoms with Gasteiger partial charge in [-0.15, -0.1) is 0 Å². The van der Waals surface area contributed by atoms with Crippen molar-refractivity contribution in [3.05, 3.63) is 47.7 Å². The van der Waals surface area contributed by atoms with Crippen molar-refractivity contribution in [2.45, 2.75) is 45.2 Å². The van der Waals surface area contributed by atoms with Crippen LogP contribution in [0, 0.1) is 18.8 Å². The minimum absolute atomic E-state index is 0.0546. The molecule has 0 spiro atoms. The molecule has 1 unspecified atom stereocenters. The zero-order valence-corrected chi connectivity index (χ0v) is 17.9. The number of nitrogens with one attached hydrogen (secondary N) is 3. The van der Waals surface area contributed by atoms with E-state index in [1.54, 1.807) is 0 Å². The van der Waals surface area contributed by atoms with Crippen molar-refractivity contribution >= 4 is 29.0 Å². The first kappa shape index (κ1) is 19.8. The minimum Gasteiger partial charge on any atom is -0.355 e. The van der Waals surface area contributed by atoms with Crippen LogP contribution in [0.2, 0.25) is 0 Å². The number of aromatic nitrogens is 1. The molecule has 1 aliphatic carbocycles. The Labute approximate surface area is 182 Å². The summed E-state index contributed by atoms with van der Waals surface area (Å²) in [4.78, 5) is 30.7. The van der Waals surface area contributed by atoms with Crippen LogP contribution < -0.4 is 20.9 Å². The third-order valence-electron chi connectivity index (χ3n) is 6.82. The molecule has 3 aliphatic rings. The highest BCUT2D eigenvalue weighted by atomic mass is 16.2. The SMILES string of the molecule is Cc1nc(N2C[C@H]3CC[C@@H]2C3)ccc1Nc1ccc(CNC(=O)C2CNC(=O)C2)cc1. The fourth-order valence-corrected chi connectivity index (χ4v) is 5.03. The fraction of sp³-hybridized carbons (Fsp3) is 0.458. The molecule has 2 saturated heterocycles. The molecule has 3 atom stereocenters. The summed E-state index contributed by atoms with van der Waals surface area (Å²) in [5.74, 6) is 1.56. The Hall–Kier alpha value is -3.09. The molecule has 2 aromatic rings. The van der Waals surface area contributed by atoms with Crippen LogP contribution in [0.3, 0.4) is 0 Å². The smallest absolute Gasteiger partial charge is 0.225 e. The van der Waals surface area contributed by atoms with E-state index in [-0.39, 0.29) is 24.2 Å². The molecule has 3 fully saturated rings. The predicted molar refractivity (Wildman–Crippen MR) is 120 cm³/mol. The van der Waals surface area contributed by atoms with Gasteiger partial charge < -0.3 is 20.9 Å². The lowest BCUT2D eigenvalue weighted by molar-refractivity contribution is -0.126. The molecule has 1 aromatic heterocycles. The number of rotatable bonds is 6. The van der Waals surface area contributed by atoms with Crippen molar-refractivity contribution in [2.24, 2.45) is 11.8 Å². The van der Waals surface area contributed by atoms with Gasteiger partial charge in [-0.3, -0.25) is 9.59 Å². The molecular weight excluding hydrogens is 390 g/mol. The lowest BCUT2D eigenvalue weighted by Crippen LogP contribution is -2.32. The number of carbonyl (C=O) groups is 2. The molecule has 1 saturated carbocycles. The summed E-state index contributed by atoms with van der Waals surface area (Å²) in [5, 5.41) is 9.06. The second kappa shape index (κ2) is 8.21. The summed E-state index contributed by atoms with van der Waals surface area (Å²) in [5.41, 5.74) is 4.01. The van der Waals surface area contributed by atoms with Crippen molar-refractivity contribution in [1.29, 1.82) is 0 Å². The van der Waals surface area contributed by atoms with E-state index in [1.807, 2.05) is 31.2 Å². The van der Waals surface area contributed by atoms with Crippen LogP contribution in [0.1, 0.15) is 36.9 Å². The van der Waals surface area contributed by atoms with Gasteiger partial charge in [-0.1, -0.05) is 12.1 Å². The van der Waals surface area contributed by atoms with Crippen LogP contribution in [0.15, 0.2) is 36.4 Å². The van der Waals surface area contributed by atoms with Crippen LogP contribution in [-0.2, 0) is 16.1 Å². The van der Waals surface area contributed by atoms with Gasteiger partial charge in [0.1, 0.15) is 5.82 Å². The van der Waals surface area contributed by atoms with Gasteiger partial charge >= 0.3 is 0 Å². The number of amides is 2. The Morgan fingerprint density at radius 2 is 2.03 bits per heavy atom. The van der Waals surface area contributed by atoms with E-state index in [4.69, 9.17) is 4.98 Å². The third-order valence-corrected chi connectivity index (χ3v) is 6.82. The first-order chi connectivity index (χ1) is 15.0. The highest BCUT2D eigenvalue weighted by molar-refractivity contribution is 5.89. The van der Waals surface area contributed by atoms with Crippen molar-refractivity contribution in [3.8, 4) is 0 Å². The van der Waals surface area contributed by atoms with E-state index in [9.17, 15) is 9.59 Å². The van der Waals surface area contributed by atoms with Gasteiger partial charge in [0.05, 0.1) is 17.3 Å². The van der Waals surface area contributed by atoms with E-state index in [1.165, 1.54) is 19.3 Å². The van der Waals surface area contributed by atoms with Crippen LogP contribution in [0.25, 0.3) is 0 Å². The topological polar surface area (TPSA) is 86.4 Å². The average Bonchev–Trinajstić information content (AvgIpc) is 3.52. The summed E-state index contributed by atoms with van der Waals surface area (Å²) < 4.78 is 0. The molecule has 5 rings (SSSR count). The second-order valence-electron chi connectivity index (χ2n) is 9.03. The number of benzene rings is 1. The standard InChI is InChI=1S/C24H29N5O2/c1-15-21(8-9-22(27-15)29-14-17-4-7-20(29)10-17)28-19-5-2-16(3-6-19)12-26-24(31)18-11-23(30)25-13-18/h2-3,5-6,8-9,17-18,20,28H,4,7,10-14H2,1H3,(H,25,30)(H,26,31)/t17-,18?,20+/m0/s1. The zero-order chi connectivity index (χ0) is 21.4. The van der Waals surface area contributed by atoms with E-state index in [0.29, 0.717) is 19.1 Å². The molecule has 1 aromatic carbocycles. The lowest BCUT2D eigenvalue weighted by Gasteiger charge is -2.28.